The highest BCUT2D eigenvalue weighted by atomic mass is 16.2. The fraction of sp³-hybridized carbons (Fsp3) is 0.333. The molecular weight excluding hydrogens is 370 g/mol. The lowest BCUT2D eigenvalue weighted by Gasteiger charge is -2.12. The Balaban J connectivity index is 1.96. The van der Waals surface area contributed by atoms with Crippen molar-refractivity contribution in [2.75, 3.05) is 0 Å². The first-order valence-electron chi connectivity index (χ1n) is 9.62. The summed E-state index contributed by atoms with van der Waals surface area (Å²) >= 11 is 0. The summed E-state index contributed by atoms with van der Waals surface area (Å²) in [6, 6.07) is 8.84. The molecule has 0 radical (unpaired) electrons. The molecule has 4 rings (SSSR count). The zero-order chi connectivity index (χ0) is 20.9. The molecule has 0 aliphatic rings. The minimum atomic E-state index is -0.556. The molecule has 0 amide bonds. The van der Waals surface area contributed by atoms with Crippen LogP contribution in [-0.4, -0.2) is 28.9 Å². The SMILES string of the molecule is CCC(C)n1c(C)cn2c3c(=O)n(CC(=O)c4ccccc4)c(=O)n(C)c3nc12. The molecule has 0 N–H and O–H groups in total. The number of benzene rings is 1. The molecule has 29 heavy (non-hydrogen) atoms. The van der Waals surface area contributed by atoms with Gasteiger partial charge >= 0.3 is 5.69 Å². The zero-order valence-corrected chi connectivity index (χ0v) is 16.9. The highest BCUT2D eigenvalue weighted by molar-refractivity contribution is 5.95. The average molecular weight is 393 g/mol. The van der Waals surface area contributed by atoms with Crippen molar-refractivity contribution in [1.82, 2.24) is 23.1 Å². The highest BCUT2D eigenvalue weighted by Crippen LogP contribution is 2.22. The van der Waals surface area contributed by atoms with Crippen molar-refractivity contribution in [2.24, 2.45) is 7.05 Å². The predicted octanol–water partition coefficient (Wildman–Crippen LogP) is 2.31. The Hall–Kier alpha value is -3.42. The summed E-state index contributed by atoms with van der Waals surface area (Å²) in [5.41, 5.74) is 0.978. The van der Waals surface area contributed by atoms with E-state index in [1.54, 1.807) is 41.8 Å². The third-order valence-electron chi connectivity index (χ3n) is 5.50. The Morgan fingerprint density at radius 3 is 2.52 bits per heavy atom. The maximum Gasteiger partial charge on any atom is 0.332 e. The second-order valence-corrected chi connectivity index (χ2v) is 7.37. The standard InChI is InChI=1S/C21H23N5O3/c1-5-13(2)26-14(3)11-24-17-18(22-20(24)26)23(4)21(29)25(19(17)28)12-16(27)15-9-7-6-8-10-15/h6-11,13H,5,12H2,1-4H3. The Morgan fingerprint density at radius 2 is 1.86 bits per heavy atom. The van der Waals surface area contributed by atoms with Crippen molar-refractivity contribution in [3.63, 3.8) is 0 Å². The quantitative estimate of drug-likeness (QED) is 0.487. The maximum absolute atomic E-state index is 13.2. The summed E-state index contributed by atoms with van der Waals surface area (Å²) in [5, 5.41) is 0. The van der Waals surface area contributed by atoms with Gasteiger partial charge in [0.25, 0.3) is 5.56 Å². The number of aromatic nitrogens is 5. The summed E-state index contributed by atoms with van der Waals surface area (Å²) in [7, 11) is 1.57. The van der Waals surface area contributed by atoms with Crippen LogP contribution in [-0.2, 0) is 13.6 Å². The molecule has 0 fully saturated rings. The van der Waals surface area contributed by atoms with E-state index >= 15 is 0 Å². The fourth-order valence-electron chi connectivity index (χ4n) is 3.75. The number of Topliss-reactive ketones (excluding diaryl/α,β-unsaturated/α-hetero) is 1. The Bertz CT molecular complexity index is 1350. The summed E-state index contributed by atoms with van der Waals surface area (Å²) in [5.74, 6) is 0.323. The number of ketones is 1. The molecule has 0 saturated heterocycles. The van der Waals surface area contributed by atoms with Crippen LogP contribution in [0, 0.1) is 6.92 Å². The summed E-state index contributed by atoms with van der Waals surface area (Å²) in [6.45, 7) is 5.82. The van der Waals surface area contributed by atoms with E-state index < -0.39 is 11.2 Å². The van der Waals surface area contributed by atoms with E-state index in [4.69, 9.17) is 0 Å². The number of carbonyl (C=O) groups is 1. The van der Waals surface area contributed by atoms with E-state index in [2.05, 4.69) is 23.4 Å². The van der Waals surface area contributed by atoms with Gasteiger partial charge in [-0.15, -0.1) is 0 Å². The van der Waals surface area contributed by atoms with Gasteiger partial charge in [0.05, 0.1) is 6.54 Å². The van der Waals surface area contributed by atoms with E-state index in [0.717, 1.165) is 16.7 Å². The molecule has 0 aliphatic carbocycles. The van der Waals surface area contributed by atoms with Crippen molar-refractivity contribution in [3.8, 4) is 0 Å². The van der Waals surface area contributed by atoms with Crippen LogP contribution in [0.1, 0.15) is 42.4 Å². The molecule has 4 aromatic rings. The van der Waals surface area contributed by atoms with E-state index in [9.17, 15) is 14.4 Å². The zero-order valence-electron chi connectivity index (χ0n) is 16.9. The number of rotatable bonds is 5. The third-order valence-corrected chi connectivity index (χ3v) is 5.50. The second-order valence-electron chi connectivity index (χ2n) is 7.37. The number of nitrogens with zero attached hydrogens (tertiary/aromatic N) is 5. The van der Waals surface area contributed by atoms with Crippen LogP contribution in [0.5, 0.6) is 0 Å². The number of hydrogen-bond acceptors (Lipinski definition) is 4. The molecule has 1 aromatic carbocycles. The smallest absolute Gasteiger partial charge is 0.311 e. The molecule has 8 nitrogen and oxygen atoms in total. The van der Waals surface area contributed by atoms with E-state index in [0.29, 0.717) is 22.5 Å². The lowest BCUT2D eigenvalue weighted by Crippen LogP contribution is -2.41. The maximum atomic E-state index is 13.2. The van der Waals surface area contributed by atoms with Crippen LogP contribution >= 0.6 is 0 Å². The van der Waals surface area contributed by atoms with Gasteiger partial charge in [-0.2, -0.15) is 4.98 Å². The molecule has 8 heteroatoms. The van der Waals surface area contributed by atoms with Crippen LogP contribution in [0.4, 0.5) is 0 Å². The molecule has 150 valence electrons. The monoisotopic (exact) mass is 393 g/mol. The molecular formula is C21H23N5O3. The van der Waals surface area contributed by atoms with Gasteiger partial charge < -0.3 is 4.57 Å². The van der Waals surface area contributed by atoms with Crippen LogP contribution in [0.25, 0.3) is 16.9 Å². The van der Waals surface area contributed by atoms with Gasteiger partial charge in [0.1, 0.15) is 0 Å². The average Bonchev–Trinajstić information content (AvgIpc) is 3.24. The fourth-order valence-corrected chi connectivity index (χ4v) is 3.75. The summed E-state index contributed by atoms with van der Waals surface area (Å²) in [6.07, 6.45) is 2.76. The lowest BCUT2D eigenvalue weighted by atomic mass is 10.1. The molecule has 3 aromatic heterocycles. The molecule has 0 aliphatic heterocycles. The van der Waals surface area contributed by atoms with E-state index in [1.165, 1.54) is 4.57 Å². The number of aryl methyl sites for hydroxylation is 2. The van der Waals surface area contributed by atoms with Gasteiger partial charge in [-0.1, -0.05) is 37.3 Å². The van der Waals surface area contributed by atoms with Gasteiger partial charge in [-0.25, -0.2) is 4.79 Å². The lowest BCUT2D eigenvalue weighted by molar-refractivity contribution is 0.0969. The third kappa shape index (κ3) is 2.83. The molecule has 1 atom stereocenters. The predicted molar refractivity (Wildman–Crippen MR) is 111 cm³/mol. The Labute approximate surface area is 166 Å². The van der Waals surface area contributed by atoms with Crippen molar-refractivity contribution >= 4 is 22.7 Å². The van der Waals surface area contributed by atoms with E-state index in [-0.39, 0.29) is 18.4 Å². The first kappa shape index (κ1) is 18.9. The number of fused-ring (bicyclic) bond motifs is 3. The molecule has 3 heterocycles. The molecule has 0 saturated carbocycles. The number of hydrogen-bond donors (Lipinski definition) is 0. The highest BCUT2D eigenvalue weighted by Gasteiger charge is 2.22. The Kier molecular flexibility index (Phi) is 4.49. The summed E-state index contributed by atoms with van der Waals surface area (Å²) in [4.78, 5) is 43.3. The van der Waals surface area contributed by atoms with Crippen molar-refractivity contribution in [2.45, 2.75) is 39.8 Å². The molecule has 0 bridgehead atoms. The summed E-state index contributed by atoms with van der Waals surface area (Å²) < 4.78 is 6.10. The van der Waals surface area contributed by atoms with Gasteiger partial charge in [0, 0.05) is 30.5 Å². The van der Waals surface area contributed by atoms with Crippen LogP contribution in [0.15, 0.2) is 46.1 Å². The van der Waals surface area contributed by atoms with Crippen LogP contribution < -0.4 is 11.2 Å². The molecule has 1 unspecified atom stereocenters. The second kappa shape index (κ2) is 6.88. The molecule has 0 spiro atoms. The first-order chi connectivity index (χ1) is 13.8. The minimum absolute atomic E-state index is 0.197. The van der Waals surface area contributed by atoms with Gasteiger partial charge in [0.2, 0.25) is 5.78 Å². The largest absolute Gasteiger partial charge is 0.332 e. The first-order valence-corrected chi connectivity index (χ1v) is 9.62. The van der Waals surface area contributed by atoms with Crippen molar-refractivity contribution < 1.29 is 4.79 Å². The minimum Gasteiger partial charge on any atom is -0.311 e. The van der Waals surface area contributed by atoms with Crippen molar-refractivity contribution in [1.29, 1.82) is 0 Å². The van der Waals surface area contributed by atoms with Gasteiger partial charge in [0.15, 0.2) is 16.9 Å². The number of carbonyl (C=O) groups excluding carboxylic acids is 1. The number of imidazole rings is 2. The van der Waals surface area contributed by atoms with Gasteiger partial charge in [-0.3, -0.25) is 23.1 Å². The topological polar surface area (TPSA) is 83.3 Å². The van der Waals surface area contributed by atoms with Gasteiger partial charge in [-0.05, 0) is 20.3 Å². The van der Waals surface area contributed by atoms with Crippen molar-refractivity contribution in [3.05, 3.63) is 68.6 Å². The van der Waals surface area contributed by atoms with Crippen LogP contribution in [0.2, 0.25) is 0 Å². The normalized spacial score (nSPS) is 12.7. The van der Waals surface area contributed by atoms with E-state index in [1.807, 2.05) is 13.1 Å². The Morgan fingerprint density at radius 1 is 1.17 bits per heavy atom. The van der Waals surface area contributed by atoms with Crippen LogP contribution in [0.3, 0.4) is 0 Å².